The normalized spacial score (nSPS) is 13.6. The van der Waals surface area contributed by atoms with Crippen molar-refractivity contribution in [3.63, 3.8) is 0 Å². The molecule has 0 bridgehead atoms. The van der Waals surface area contributed by atoms with Crippen molar-refractivity contribution in [1.82, 2.24) is 18.7 Å². The molecule has 3 heterocycles. The Balaban J connectivity index is 2.01. The first kappa shape index (κ1) is 16.1. The van der Waals surface area contributed by atoms with Gasteiger partial charge < -0.3 is 0 Å². The molecular formula is C18H18N6O2. The van der Waals surface area contributed by atoms with Gasteiger partial charge in [-0.1, -0.05) is 36.4 Å². The van der Waals surface area contributed by atoms with E-state index in [9.17, 15) is 9.59 Å². The largest absolute Gasteiger partial charge is 0.332 e. The van der Waals surface area contributed by atoms with Crippen LogP contribution in [0.2, 0.25) is 0 Å². The second-order valence-electron chi connectivity index (χ2n) is 6.16. The van der Waals surface area contributed by atoms with E-state index in [0.717, 1.165) is 15.8 Å². The number of imidazole rings is 1. The maximum atomic E-state index is 12.8. The number of benzene rings is 1. The van der Waals surface area contributed by atoms with Gasteiger partial charge in [-0.15, -0.1) is 6.58 Å². The molecule has 132 valence electrons. The Morgan fingerprint density at radius 3 is 2.58 bits per heavy atom. The van der Waals surface area contributed by atoms with Gasteiger partial charge in [0.2, 0.25) is 5.95 Å². The monoisotopic (exact) mass is 350 g/mol. The molecule has 8 heteroatoms. The third kappa shape index (κ3) is 2.22. The molecule has 0 spiro atoms. The van der Waals surface area contributed by atoms with Crippen LogP contribution in [0, 0.1) is 0 Å². The second-order valence-corrected chi connectivity index (χ2v) is 6.16. The number of hydrogen-bond acceptors (Lipinski definition) is 5. The lowest BCUT2D eigenvalue weighted by Gasteiger charge is -2.25. The van der Waals surface area contributed by atoms with E-state index in [1.54, 1.807) is 18.1 Å². The SMILES string of the molecule is C=CCN1N=C(c2ccccc2)Cn2c1nc1c2c(=O)n(C)c(=O)n1C. The number of anilines is 1. The van der Waals surface area contributed by atoms with Crippen LogP contribution in [-0.4, -0.2) is 30.9 Å². The maximum absolute atomic E-state index is 12.8. The Kier molecular flexibility index (Phi) is 3.61. The lowest BCUT2D eigenvalue weighted by atomic mass is 10.1. The van der Waals surface area contributed by atoms with Crippen LogP contribution in [0.1, 0.15) is 5.56 Å². The van der Waals surface area contributed by atoms with Crippen LogP contribution in [0.25, 0.3) is 11.2 Å². The van der Waals surface area contributed by atoms with E-state index in [1.165, 1.54) is 11.6 Å². The first-order valence-electron chi connectivity index (χ1n) is 8.20. The summed E-state index contributed by atoms with van der Waals surface area (Å²) in [5.41, 5.74) is 1.76. The van der Waals surface area contributed by atoms with Crippen molar-refractivity contribution >= 4 is 22.8 Å². The topological polar surface area (TPSA) is 77.4 Å². The van der Waals surface area contributed by atoms with Crippen LogP contribution in [0.3, 0.4) is 0 Å². The molecule has 0 aliphatic carbocycles. The average molecular weight is 350 g/mol. The van der Waals surface area contributed by atoms with E-state index in [1.807, 2.05) is 34.9 Å². The van der Waals surface area contributed by atoms with E-state index in [4.69, 9.17) is 0 Å². The van der Waals surface area contributed by atoms with E-state index in [-0.39, 0.29) is 5.56 Å². The Hall–Kier alpha value is -3.42. The molecule has 0 saturated carbocycles. The predicted octanol–water partition coefficient (Wildman–Crippen LogP) is 0.844. The summed E-state index contributed by atoms with van der Waals surface area (Å²) in [6.45, 7) is 4.61. The van der Waals surface area contributed by atoms with Gasteiger partial charge in [-0.3, -0.25) is 18.5 Å². The van der Waals surface area contributed by atoms with Gasteiger partial charge in [0.05, 0.1) is 18.8 Å². The number of hydrazone groups is 1. The second kappa shape index (κ2) is 5.83. The summed E-state index contributed by atoms with van der Waals surface area (Å²) >= 11 is 0. The van der Waals surface area contributed by atoms with Crippen molar-refractivity contribution in [2.45, 2.75) is 6.54 Å². The van der Waals surface area contributed by atoms with Gasteiger partial charge in [-0.05, 0) is 5.56 Å². The highest BCUT2D eigenvalue weighted by atomic mass is 16.2. The number of hydrogen-bond donors (Lipinski definition) is 0. The Morgan fingerprint density at radius 2 is 1.88 bits per heavy atom. The van der Waals surface area contributed by atoms with E-state index < -0.39 is 5.69 Å². The lowest BCUT2D eigenvalue weighted by Crippen LogP contribution is -2.38. The summed E-state index contributed by atoms with van der Waals surface area (Å²) in [5.74, 6) is 0.526. The highest BCUT2D eigenvalue weighted by molar-refractivity contribution is 6.02. The van der Waals surface area contributed by atoms with Gasteiger partial charge in [0, 0.05) is 14.1 Å². The standard InChI is InChI=1S/C18H18N6O2/c1-4-10-24-17-19-15-14(16(25)22(3)18(26)21(15)2)23(17)11-13(20-24)12-8-6-5-7-9-12/h4-9H,1,10-11H2,2-3H3. The van der Waals surface area contributed by atoms with Gasteiger partial charge in [0.25, 0.3) is 5.56 Å². The molecule has 0 saturated heterocycles. The highest BCUT2D eigenvalue weighted by Crippen LogP contribution is 2.25. The number of aromatic nitrogens is 4. The minimum Gasteiger partial charge on any atom is -0.297 e. The molecule has 0 amide bonds. The van der Waals surface area contributed by atoms with E-state index in [2.05, 4.69) is 16.7 Å². The van der Waals surface area contributed by atoms with Gasteiger partial charge in [0.15, 0.2) is 11.2 Å². The number of rotatable bonds is 3. The van der Waals surface area contributed by atoms with Crippen LogP contribution in [0.4, 0.5) is 5.95 Å². The molecule has 1 aliphatic heterocycles. The molecule has 1 aliphatic rings. The number of aryl methyl sites for hydroxylation is 1. The minimum absolute atomic E-state index is 0.353. The van der Waals surface area contributed by atoms with Crippen molar-refractivity contribution < 1.29 is 0 Å². The summed E-state index contributed by atoms with van der Waals surface area (Å²) < 4.78 is 4.30. The minimum atomic E-state index is -0.405. The molecule has 3 aromatic rings. The van der Waals surface area contributed by atoms with Crippen molar-refractivity contribution in [2.24, 2.45) is 19.2 Å². The third-order valence-corrected chi connectivity index (χ3v) is 4.52. The zero-order valence-electron chi connectivity index (χ0n) is 14.6. The fraction of sp³-hybridized carbons (Fsp3) is 0.222. The maximum Gasteiger partial charge on any atom is 0.332 e. The smallest absolute Gasteiger partial charge is 0.297 e. The summed E-state index contributed by atoms with van der Waals surface area (Å²) in [5, 5.41) is 6.38. The molecule has 0 unspecified atom stereocenters. The summed E-state index contributed by atoms with van der Waals surface area (Å²) in [6, 6.07) is 9.78. The summed E-state index contributed by atoms with van der Waals surface area (Å²) in [7, 11) is 3.08. The molecule has 0 fully saturated rings. The van der Waals surface area contributed by atoms with Crippen molar-refractivity contribution in [3.8, 4) is 0 Å². The molecule has 2 aromatic heterocycles. The molecule has 4 rings (SSSR count). The van der Waals surface area contributed by atoms with Crippen LogP contribution in [-0.2, 0) is 20.6 Å². The van der Waals surface area contributed by atoms with Gasteiger partial charge in [-0.2, -0.15) is 10.1 Å². The molecule has 0 atom stereocenters. The predicted molar refractivity (Wildman–Crippen MR) is 101 cm³/mol. The Morgan fingerprint density at radius 1 is 1.15 bits per heavy atom. The van der Waals surface area contributed by atoms with E-state index >= 15 is 0 Å². The molecular weight excluding hydrogens is 332 g/mol. The zero-order valence-corrected chi connectivity index (χ0v) is 14.6. The molecule has 0 radical (unpaired) electrons. The fourth-order valence-electron chi connectivity index (χ4n) is 3.18. The number of fused-ring (bicyclic) bond motifs is 3. The van der Waals surface area contributed by atoms with Gasteiger partial charge in [-0.25, -0.2) is 9.80 Å². The van der Waals surface area contributed by atoms with Gasteiger partial charge >= 0.3 is 5.69 Å². The number of nitrogens with zero attached hydrogens (tertiary/aromatic N) is 6. The summed E-state index contributed by atoms with van der Waals surface area (Å²) in [4.78, 5) is 29.5. The first-order chi connectivity index (χ1) is 12.5. The highest BCUT2D eigenvalue weighted by Gasteiger charge is 2.27. The van der Waals surface area contributed by atoms with Gasteiger partial charge in [0.1, 0.15) is 0 Å². The van der Waals surface area contributed by atoms with E-state index in [0.29, 0.717) is 30.2 Å². The van der Waals surface area contributed by atoms with Crippen molar-refractivity contribution in [2.75, 3.05) is 11.6 Å². The molecule has 26 heavy (non-hydrogen) atoms. The Bertz CT molecular complexity index is 1170. The van der Waals surface area contributed by atoms with Crippen LogP contribution >= 0.6 is 0 Å². The van der Waals surface area contributed by atoms with Crippen molar-refractivity contribution in [1.29, 1.82) is 0 Å². The zero-order chi connectivity index (χ0) is 18.4. The lowest BCUT2D eigenvalue weighted by molar-refractivity contribution is 0.702. The average Bonchev–Trinajstić information content (AvgIpc) is 3.05. The van der Waals surface area contributed by atoms with Crippen LogP contribution in [0.15, 0.2) is 57.7 Å². The molecule has 0 N–H and O–H groups in total. The van der Waals surface area contributed by atoms with Crippen molar-refractivity contribution in [3.05, 3.63) is 69.4 Å². The fourth-order valence-corrected chi connectivity index (χ4v) is 3.18. The molecule has 8 nitrogen and oxygen atoms in total. The quantitative estimate of drug-likeness (QED) is 0.656. The molecule has 1 aromatic carbocycles. The first-order valence-corrected chi connectivity index (χ1v) is 8.20. The van der Waals surface area contributed by atoms with Crippen LogP contribution < -0.4 is 16.3 Å². The third-order valence-electron chi connectivity index (χ3n) is 4.52. The summed E-state index contributed by atoms with van der Waals surface area (Å²) in [6.07, 6.45) is 1.72. The van der Waals surface area contributed by atoms with Crippen LogP contribution in [0.5, 0.6) is 0 Å². The Labute approximate surface area is 148 Å².